The number of nitrogens with zero attached hydrogens (tertiary/aromatic N) is 2. The van der Waals surface area contributed by atoms with Gasteiger partial charge in [-0.2, -0.15) is 0 Å². The summed E-state index contributed by atoms with van der Waals surface area (Å²) in [6.07, 6.45) is 4.00. The zero-order valence-electron chi connectivity index (χ0n) is 8.47. The number of hydrazine groups is 1. The van der Waals surface area contributed by atoms with Crippen molar-refractivity contribution < 1.29 is 4.79 Å². The highest BCUT2D eigenvalue weighted by Crippen LogP contribution is 2.05. The Morgan fingerprint density at radius 3 is 2.64 bits per heavy atom. The lowest BCUT2D eigenvalue weighted by atomic mass is 10.2. The van der Waals surface area contributed by atoms with Crippen molar-refractivity contribution in [3.05, 3.63) is 30.1 Å². The Morgan fingerprint density at radius 1 is 1.57 bits per heavy atom. The molecule has 1 aromatic rings. The summed E-state index contributed by atoms with van der Waals surface area (Å²) >= 11 is 0. The van der Waals surface area contributed by atoms with E-state index < -0.39 is 0 Å². The topological polar surface area (TPSA) is 59.2 Å². The zero-order chi connectivity index (χ0) is 10.6. The van der Waals surface area contributed by atoms with E-state index in [1.807, 2.05) is 13.8 Å². The van der Waals surface area contributed by atoms with Crippen LogP contribution >= 0.6 is 0 Å². The third-order valence-corrected chi connectivity index (χ3v) is 2.23. The van der Waals surface area contributed by atoms with E-state index in [1.165, 1.54) is 5.01 Å². The summed E-state index contributed by atoms with van der Waals surface area (Å²) in [6.45, 7) is 3.91. The molecular weight excluding hydrogens is 178 g/mol. The SMILES string of the molecule is CCC(C)N(N)C(=O)c1ccncc1. The highest BCUT2D eigenvalue weighted by atomic mass is 16.2. The quantitative estimate of drug-likeness (QED) is 0.445. The number of rotatable bonds is 3. The van der Waals surface area contributed by atoms with Gasteiger partial charge in [0.15, 0.2) is 0 Å². The molecule has 1 unspecified atom stereocenters. The van der Waals surface area contributed by atoms with E-state index in [-0.39, 0.29) is 11.9 Å². The second kappa shape index (κ2) is 4.72. The minimum absolute atomic E-state index is 0.0515. The van der Waals surface area contributed by atoms with Gasteiger partial charge in [0.2, 0.25) is 0 Å². The number of amides is 1. The van der Waals surface area contributed by atoms with Crippen molar-refractivity contribution in [2.24, 2.45) is 5.84 Å². The number of hydrogen-bond donors (Lipinski definition) is 1. The highest BCUT2D eigenvalue weighted by molar-refractivity contribution is 5.93. The Bertz CT molecular complexity index is 299. The first-order chi connectivity index (χ1) is 6.66. The van der Waals surface area contributed by atoms with Gasteiger partial charge >= 0.3 is 0 Å². The zero-order valence-corrected chi connectivity index (χ0v) is 8.47. The first kappa shape index (κ1) is 10.7. The molecule has 4 nitrogen and oxygen atoms in total. The van der Waals surface area contributed by atoms with Crippen LogP contribution in [0.5, 0.6) is 0 Å². The lowest BCUT2D eigenvalue weighted by Gasteiger charge is -2.22. The van der Waals surface area contributed by atoms with Gasteiger partial charge in [-0.05, 0) is 25.5 Å². The second-order valence-electron chi connectivity index (χ2n) is 3.21. The molecule has 1 atom stereocenters. The fourth-order valence-electron chi connectivity index (χ4n) is 1.04. The maximum atomic E-state index is 11.7. The summed E-state index contributed by atoms with van der Waals surface area (Å²) in [5.41, 5.74) is 0.572. The first-order valence-electron chi connectivity index (χ1n) is 4.65. The second-order valence-corrected chi connectivity index (χ2v) is 3.21. The lowest BCUT2D eigenvalue weighted by molar-refractivity contribution is 0.0688. The van der Waals surface area contributed by atoms with Gasteiger partial charge < -0.3 is 0 Å². The summed E-state index contributed by atoms with van der Waals surface area (Å²) in [4.78, 5) is 15.6. The monoisotopic (exact) mass is 193 g/mol. The van der Waals surface area contributed by atoms with E-state index in [0.29, 0.717) is 5.56 Å². The van der Waals surface area contributed by atoms with Gasteiger partial charge in [0.1, 0.15) is 0 Å². The number of carbonyl (C=O) groups is 1. The molecule has 0 aromatic carbocycles. The fraction of sp³-hybridized carbons (Fsp3) is 0.400. The summed E-state index contributed by atoms with van der Waals surface area (Å²) < 4.78 is 0. The van der Waals surface area contributed by atoms with Crippen molar-refractivity contribution in [1.29, 1.82) is 0 Å². The van der Waals surface area contributed by atoms with Crippen molar-refractivity contribution >= 4 is 5.91 Å². The Labute approximate surface area is 83.7 Å². The molecule has 1 rings (SSSR count). The minimum atomic E-state index is -0.165. The molecule has 2 N–H and O–H groups in total. The molecule has 14 heavy (non-hydrogen) atoms. The average Bonchev–Trinajstić information content (AvgIpc) is 2.27. The van der Waals surface area contributed by atoms with E-state index in [1.54, 1.807) is 24.5 Å². The molecule has 0 saturated carbocycles. The number of carbonyl (C=O) groups excluding carboxylic acids is 1. The van der Waals surface area contributed by atoms with E-state index in [4.69, 9.17) is 5.84 Å². The van der Waals surface area contributed by atoms with Crippen LogP contribution in [0.15, 0.2) is 24.5 Å². The normalized spacial score (nSPS) is 12.2. The largest absolute Gasteiger partial charge is 0.274 e. The molecule has 0 aliphatic rings. The van der Waals surface area contributed by atoms with Gasteiger partial charge in [0, 0.05) is 24.0 Å². The maximum absolute atomic E-state index is 11.7. The van der Waals surface area contributed by atoms with Gasteiger partial charge in [-0.15, -0.1) is 0 Å². The van der Waals surface area contributed by atoms with Gasteiger partial charge in [0.05, 0.1) is 0 Å². The molecule has 0 aliphatic heterocycles. The molecule has 0 radical (unpaired) electrons. The molecule has 1 heterocycles. The van der Waals surface area contributed by atoms with Gasteiger partial charge in [0.25, 0.3) is 5.91 Å². The van der Waals surface area contributed by atoms with Gasteiger partial charge in [-0.1, -0.05) is 6.92 Å². The number of pyridine rings is 1. The lowest BCUT2D eigenvalue weighted by Crippen LogP contribution is -2.43. The molecule has 1 aromatic heterocycles. The summed E-state index contributed by atoms with van der Waals surface area (Å²) in [5.74, 6) is 5.50. The molecule has 76 valence electrons. The van der Waals surface area contributed by atoms with Crippen LogP contribution < -0.4 is 5.84 Å². The van der Waals surface area contributed by atoms with Crippen molar-refractivity contribution in [2.75, 3.05) is 0 Å². The summed E-state index contributed by atoms with van der Waals surface area (Å²) in [5, 5.41) is 1.26. The van der Waals surface area contributed by atoms with E-state index in [2.05, 4.69) is 4.98 Å². The Kier molecular flexibility index (Phi) is 3.59. The molecule has 1 amide bonds. The molecule has 0 bridgehead atoms. The van der Waals surface area contributed by atoms with Crippen LogP contribution in [-0.4, -0.2) is 21.9 Å². The molecule has 0 saturated heterocycles. The Morgan fingerprint density at radius 2 is 2.14 bits per heavy atom. The van der Waals surface area contributed by atoms with Gasteiger partial charge in [-0.3, -0.25) is 14.8 Å². The van der Waals surface area contributed by atoms with Crippen molar-refractivity contribution in [3.63, 3.8) is 0 Å². The van der Waals surface area contributed by atoms with Crippen LogP contribution in [-0.2, 0) is 0 Å². The van der Waals surface area contributed by atoms with E-state index in [9.17, 15) is 4.79 Å². The summed E-state index contributed by atoms with van der Waals surface area (Å²) in [6, 6.07) is 3.37. The van der Waals surface area contributed by atoms with Crippen LogP contribution in [0.2, 0.25) is 0 Å². The number of nitrogens with two attached hydrogens (primary N) is 1. The Balaban J connectivity index is 2.76. The third kappa shape index (κ3) is 2.29. The predicted molar refractivity (Wildman–Crippen MR) is 54.3 cm³/mol. The first-order valence-corrected chi connectivity index (χ1v) is 4.65. The van der Waals surface area contributed by atoms with Crippen LogP contribution in [0, 0.1) is 0 Å². The van der Waals surface area contributed by atoms with Crippen LogP contribution in [0.1, 0.15) is 30.6 Å². The predicted octanol–water partition coefficient (Wildman–Crippen LogP) is 1.20. The molecule has 0 aliphatic carbocycles. The van der Waals surface area contributed by atoms with Gasteiger partial charge in [-0.25, -0.2) is 5.84 Å². The number of hydrogen-bond acceptors (Lipinski definition) is 3. The maximum Gasteiger partial charge on any atom is 0.268 e. The van der Waals surface area contributed by atoms with Crippen molar-refractivity contribution in [2.45, 2.75) is 26.3 Å². The molecule has 0 fully saturated rings. The molecule has 0 spiro atoms. The van der Waals surface area contributed by atoms with E-state index in [0.717, 1.165) is 6.42 Å². The molecular formula is C10H15N3O. The third-order valence-electron chi connectivity index (χ3n) is 2.23. The van der Waals surface area contributed by atoms with Crippen molar-refractivity contribution in [1.82, 2.24) is 9.99 Å². The smallest absolute Gasteiger partial charge is 0.268 e. The fourth-order valence-corrected chi connectivity index (χ4v) is 1.04. The average molecular weight is 193 g/mol. The van der Waals surface area contributed by atoms with Crippen LogP contribution in [0.3, 0.4) is 0 Å². The van der Waals surface area contributed by atoms with Crippen molar-refractivity contribution in [3.8, 4) is 0 Å². The van der Waals surface area contributed by atoms with Crippen LogP contribution in [0.25, 0.3) is 0 Å². The minimum Gasteiger partial charge on any atom is -0.274 e. The Hall–Kier alpha value is -1.42. The van der Waals surface area contributed by atoms with Crippen LogP contribution in [0.4, 0.5) is 0 Å². The molecule has 4 heteroatoms. The highest BCUT2D eigenvalue weighted by Gasteiger charge is 2.16. The summed E-state index contributed by atoms with van der Waals surface area (Å²) in [7, 11) is 0. The standard InChI is InChI=1S/C10H15N3O/c1-3-8(2)13(11)10(14)9-4-6-12-7-5-9/h4-8H,3,11H2,1-2H3. The van der Waals surface area contributed by atoms with E-state index >= 15 is 0 Å². The number of aromatic nitrogens is 1.